The molecule has 10 heteroatoms. The summed E-state index contributed by atoms with van der Waals surface area (Å²) in [6.07, 6.45) is 6.12. The Kier molecular flexibility index (Phi) is 14.4. The third kappa shape index (κ3) is 11.2. The Bertz CT molecular complexity index is 1520. The van der Waals surface area contributed by atoms with Crippen LogP contribution < -0.4 is 18.9 Å². The zero-order chi connectivity index (χ0) is 34.1. The van der Waals surface area contributed by atoms with Crippen molar-refractivity contribution in [2.45, 2.75) is 71.6 Å². The van der Waals surface area contributed by atoms with E-state index in [-0.39, 0.29) is 23.9 Å². The Hall–Kier alpha value is -4.73. The van der Waals surface area contributed by atoms with Gasteiger partial charge in [0.05, 0.1) is 32.0 Å². The van der Waals surface area contributed by atoms with E-state index in [0.717, 1.165) is 60.1 Å². The first-order chi connectivity index (χ1) is 23.4. The van der Waals surface area contributed by atoms with Crippen molar-refractivity contribution < 1.29 is 47.9 Å². The number of fused-ring (bicyclic) bond motifs is 1. The van der Waals surface area contributed by atoms with Crippen LogP contribution in [0.1, 0.15) is 80.3 Å². The Morgan fingerprint density at radius 1 is 0.708 bits per heavy atom. The lowest BCUT2D eigenvalue weighted by Gasteiger charge is -2.19. The van der Waals surface area contributed by atoms with Gasteiger partial charge in [-0.15, -0.1) is 0 Å². The highest BCUT2D eigenvalue weighted by molar-refractivity contribution is 5.90. The monoisotopic (exact) mass is 662 g/mol. The Balaban J connectivity index is 1.28. The average Bonchev–Trinajstić information content (AvgIpc) is 3.09. The molecular formula is C38H46O10. The summed E-state index contributed by atoms with van der Waals surface area (Å²) in [6, 6.07) is 16.5. The topological polar surface area (TPSA) is 127 Å². The number of carboxylic acid groups (broad SMARTS) is 1. The van der Waals surface area contributed by atoms with Crippen LogP contribution in [-0.4, -0.2) is 62.7 Å². The van der Waals surface area contributed by atoms with Crippen molar-refractivity contribution in [3.8, 4) is 34.1 Å². The van der Waals surface area contributed by atoms with Crippen LogP contribution in [0.15, 0.2) is 54.6 Å². The first-order valence-corrected chi connectivity index (χ1v) is 16.8. The van der Waals surface area contributed by atoms with Crippen LogP contribution in [0.2, 0.25) is 0 Å². The number of carbonyl (C=O) groups excluding carboxylic acids is 2. The number of carbonyl (C=O) groups is 3. The SMILES string of the molecule is CCOC(=O)CCCOc1cccc(CCCCCCOc2cc(C(=O)O)cc(-c3ccc4c(c3)OCCO4)c2)c1CCC(=O)OCC. The second-order valence-electron chi connectivity index (χ2n) is 11.4. The van der Waals surface area contributed by atoms with Crippen molar-refractivity contribution in [3.05, 3.63) is 71.3 Å². The average molecular weight is 663 g/mol. The summed E-state index contributed by atoms with van der Waals surface area (Å²) in [5.74, 6) is 1.04. The number of ether oxygens (including phenoxy) is 6. The van der Waals surface area contributed by atoms with Gasteiger partial charge in [-0.25, -0.2) is 4.79 Å². The number of benzene rings is 3. The molecule has 48 heavy (non-hydrogen) atoms. The molecule has 3 aromatic carbocycles. The van der Waals surface area contributed by atoms with E-state index in [9.17, 15) is 19.5 Å². The summed E-state index contributed by atoms with van der Waals surface area (Å²) < 4.78 is 33.5. The summed E-state index contributed by atoms with van der Waals surface area (Å²) in [5, 5.41) is 9.70. The molecule has 0 saturated heterocycles. The second-order valence-corrected chi connectivity index (χ2v) is 11.4. The summed E-state index contributed by atoms with van der Waals surface area (Å²) in [5.41, 5.74) is 3.83. The Morgan fingerprint density at radius 3 is 2.21 bits per heavy atom. The van der Waals surface area contributed by atoms with E-state index in [1.54, 1.807) is 26.0 Å². The lowest BCUT2D eigenvalue weighted by atomic mass is 9.96. The highest BCUT2D eigenvalue weighted by Crippen LogP contribution is 2.36. The fraction of sp³-hybridized carbons (Fsp3) is 0.447. The molecule has 0 saturated carbocycles. The molecule has 4 rings (SSSR count). The molecule has 0 amide bonds. The molecule has 0 aliphatic carbocycles. The third-order valence-corrected chi connectivity index (χ3v) is 7.84. The van der Waals surface area contributed by atoms with Crippen molar-refractivity contribution in [1.29, 1.82) is 0 Å². The first kappa shape index (κ1) is 36.1. The van der Waals surface area contributed by atoms with Crippen molar-refractivity contribution >= 4 is 17.9 Å². The van der Waals surface area contributed by atoms with Gasteiger partial charge in [-0.05, 0) is 105 Å². The van der Waals surface area contributed by atoms with E-state index in [4.69, 9.17) is 28.4 Å². The van der Waals surface area contributed by atoms with Gasteiger partial charge in [0.1, 0.15) is 24.7 Å². The molecule has 1 N–H and O–H groups in total. The molecule has 3 aromatic rings. The van der Waals surface area contributed by atoms with Gasteiger partial charge in [0.15, 0.2) is 11.5 Å². The van der Waals surface area contributed by atoms with Gasteiger partial charge in [-0.3, -0.25) is 9.59 Å². The lowest BCUT2D eigenvalue weighted by Crippen LogP contribution is -2.15. The predicted octanol–water partition coefficient (Wildman–Crippen LogP) is 7.22. The number of aryl methyl sites for hydroxylation is 1. The molecule has 0 unspecified atom stereocenters. The minimum absolute atomic E-state index is 0.154. The zero-order valence-electron chi connectivity index (χ0n) is 27.9. The van der Waals surface area contributed by atoms with Crippen molar-refractivity contribution in [1.82, 2.24) is 0 Å². The molecule has 1 heterocycles. The summed E-state index contributed by atoms with van der Waals surface area (Å²) in [7, 11) is 0. The summed E-state index contributed by atoms with van der Waals surface area (Å²) in [6.45, 7) is 6.08. The molecule has 0 spiro atoms. The van der Waals surface area contributed by atoms with Gasteiger partial charge >= 0.3 is 17.9 Å². The predicted molar refractivity (Wildman–Crippen MR) is 180 cm³/mol. The molecular weight excluding hydrogens is 616 g/mol. The van der Waals surface area contributed by atoms with Crippen LogP contribution in [-0.2, 0) is 31.9 Å². The number of rotatable bonds is 20. The molecule has 1 aliphatic heterocycles. The molecule has 0 bridgehead atoms. The Morgan fingerprint density at radius 2 is 1.44 bits per heavy atom. The number of hydrogen-bond acceptors (Lipinski definition) is 9. The van der Waals surface area contributed by atoms with Gasteiger partial charge in [-0.1, -0.05) is 31.0 Å². The van der Waals surface area contributed by atoms with E-state index in [2.05, 4.69) is 6.07 Å². The molecule has 0 atom stereocenters. The van der Waals surface area contributed by atoms with Crippen LogP contribution >= 0.6 is 0 Å². The zero-order valence-corrected chi connectivity index (χ0v) is 27.9. The van der Waals surface area contributed by atoms with Gasteiger partial charge in [0.25, 0.3) is 0 Å². The van der Waals surface area contributed by atoms with Gasteiger partial charge in [0, 0.05) is 12.8 Å². The number of esters is 2. The van der Waals surface area contributed by atoms with Crippen molar-refractivity contribution in [3.63, 3.8) is 0 Å². The minimum atomic E-state index is -1.02. The van der Waals surface area contributed by atoms with Crippen molar-refractivity contribution in [2.75, 3.05) is 39.6 Å². The third-order valence-electron chi connectivity index (χ3n) is 7.84. The van der Waals surface area contributed by atoms with E-state index in [1.165, 1.54) is 0 Å². The molecule has 10 nitrogen and oxygen atoms in total. The maximum Gasteiger partial charge on any atom is 0.335 e. The lowest BCUT2D eigenvalue weighted by molar-refractivity contribution is -0.144. The maximum absolute atomic E-state index is 12.1. The number of carboxylic acids is 1. The summed E-state index contributed by atoms with van der Waals surface area (Å²) in [4.78, 5) is 35.7. The number of aromatic carboxylic acids is 1. The van der Waals surface area contributed by atoms with E-state index < -0.39 is 5.97 Å². The van der Waals surface area contributed by atoms with E-state index in [0.29, 0.717) is 76.2 Å². The standard InChI is InChI=1S/C38H46O10/c1-3-43-36(39)14-10-20-46-33-13-9-12-27(32(33)16-18-37(40)44-4-2)11-7-5-6-8-19-45-31-24-29(23-30(25-31)38(41)42)28-15-17-34-35(26-28)48-22-21-47-34/h9,12-13,15,17,23-26H,3-8,10-11,14,16,18-22H2,1-2H3,(H,41,42). The van der Waals surface area contributed by atoms with E-state index in [1.807, 2.05) is 36.4 Å². The van der Waals surface area contributed by atoms with Crippen LogP contribution in [0.25, 0.3) is 11.1 Å². The van der Waals surface area contributed by atoms with E-state index >= 15 is 0 Å². The van der Waals surface area contributed by atoms with Crippen LogP contribution in [0, 0.1) is 0 Å². The molecule has 1 aliphatic rings. The molecule has 258 valence electrons. The van der Waals surface area contributed by atoms with Crippen molar-refractivity contribution in [2.24, 2.45) is 0 Å². The van der Waals surface area contributed by atoms with Gasteiger partial charge in [-0.2, -0.15) is 0 Å². The Labute approximate surface area is 282 Å². The largest absolute Gasteiger partial charge is 0.494 e. The van der Waals surface area contributed by atoms with Crippen LogP contribution in [0.4, 0.5) is 0 Å². The quantitative estimate of drug-likeness (QED) is 0.0979. The molecule has 0 radical (unpaired) electrons. The van der Waals surface area contributed by atoms with Gasteiger partial charge < -0.3 is 33.5 Å². The first-order valence-electron chi connectivity index (χ1n) is 16.8. The fourth-order valence-electron chi connectivity index (χ4n) is 5.51. The number of unbranched alkanes of at least 4 members (excludes halogenated alkanes) is 3. The minimum Gasteiger partial charge on any atom is -0.494 e. The van der Waals surface area contributed by atoms with Crippen LogP contribution in [0.5, 0.6) is 23.0 Å². The van der Waals surface area contributed by atoms with Gasteiger partial charge in [0.2, 0.25) is 0 Å². The normalized spacial score (nSPS) is 11.9. The highest BCUT2D eigenvalue weighted by atomic mass is 16.6. The molecule has 0 aromatic heterocycles. The maximum atomic E-state index is 12.1. The van der Waals surface area contributed by atoms with Crippen LogP contribution in [0.3, 0.4) is 0 Å². The highest BCUT2D eigenvalue weighted by Gasteiger charge is 2.16. The molecule has 0 fully saturated rings. The fourth-order valence-corrected chi connectivity index (χ4v) is 5.51. The number of hydrogen-bond donors (Lipinski definition) is 1. The summed E-state index contributed by atoms with van der Waals surface area (Å²) >= 11 is 0. The second kappa shape index (κ2) is 19.2. The smallest absolute Gasteiger partial charge is 0.335 e.